The van der Waals surface area contributed by atoms with Crippen LogP contribution in [0.1, 0.15) is 5.56 Å². The molecule has 2 heterocycles. The van der Waals surface area contributed by atoms with E-state index in [0.717, 1.165) is 0 Å². The molecule has 1 N–H and O–H groups in total. The van der Waals surface area contributed by atoms with Gasteiger partial charge in [-0.05, 0) is 60.7 Å². The van der Waals surface area contributed by atoms with E-state index in [1.165, 1.54) is 10.8 Å². The van der Waals surface area contributed by atoms with E-state index < -0.39 is 11.5 Å². The Balaban J connectivity index is 1.53. The van der Waals surface area contributed by atoms with Crippen LogP contribution in [0, 0.1) is 11.3 Å². The zero-order valence-electron chi connectivity index (χ0n) is 15.9. The van der Waals surface area contributed by atoms with Crippen molar-refractivity contribution in [2.24, 2.45) is 0 Å². The molecule has 0 spiro atoms. The lowest BCUT2D eigenvalue weighted by molar-refractivity contribution is -0.116. The molecule has 31 heavy (non-hydrogen) atoms. The maximum absolute atomic E-state index is 12.8. The molecule has 4 rings (SSSR count). The van der Waals surface area contributed by atoms with Crippen LogP contribution in [0.5, 0.6) is 0 Å². The number of carbonyl (C=O) groups is 1. The molecule has 152 valence electrons. The minimum Gasteiger partial charge on any atom is -0.333 e. The highest BCUT2D eigenvalue weighted by Crippen LogP contribution is 2.21. The van der Waals surface area contributed by atoms with Gasteiger partial charge in [-0.1, -0.05) is 16.8 Å². The van der Waals surface area contributed by atoms with Gasteiger partial charge in [-0.3, -0.25) is 9.59 Å². The first-order chi connectivity index (χ1) is 15.0. The average Bonchev–Trinajstić information content (AvgIpc) is 3.26. The van der Waals surface area contributed by atoms with Crippen molar-refractivity contribution in [3.63, 3.8) is 0 Å². The number of carbonyl (C=O) groups excluding carboxylic acids is 1. The first-order valence-corrected chi connectivity index (χ1v) is 9.51. The maximum Gasteiger partial charge on any atom is 0.263 e. The second kappa shape index (κ2) is 8.65. The number of anilines is 1. The predicted octanol–water partition coefficient (Wildman–Crippen LogP) is 3.73. The molecule has 0 unspecified atom stereocenters. The molecule has 8 nitrogen and oxygen atoms in total. The number of benzene rings is 2. The second-order valence-corrected chi connectivity index (χ2v) is 6.96. The topological polar surface area (TPSA) is 114 Å². The van der Waals surface area contributed by atoms with Crippen LogP contribution in [0.4, 0.5) is 5.69 Å². The van der Waals surface area contributed by atoms with Gasteiger partial charge in [0.15, 0.2) is 0 Å². The molecule has 2 aromatic carbocycles. The van der Waals surface area contributed by atoms with Gasteiger partial charge in [-0.25, -0.2) is 0 Å². The SMILES string of the molecule is N#Cc1ccc(NC(=O)Cn2cccc(-c3nc(-c4ccc(Cl)cc4)no3)c2=O)cc1. The van der Waals surface area contributed by atoms with Gasteiger partial charge < -0.3 is 14.4 Å². The molecule has 0 radical (unpaired) electrons. The molecule has 0 aliphatic rings. The summed E-state index contributed by atoms with van der Waals surface area (Å²) < 4.78 is 6.51. The fraction of sp³-hybridized carbons (Fsp3) is 0.0455. The maximum atomic E-state index is 12.8. The van der Waals surface area contributed by atoms with Crippen LogP contribution < -0.4 is 10.9 Å². The van der Waals surface area contributed by atoms with E-state index in [9.17, 15) is 9.59 Å². The van der Waals surface area contributed by atoms with Crippen molar-refractivity contribution < 1.29 is 9.32 Å². The fourth-order valence-electron chi connectivity index (χ4n) is 2.86. The van der Waals surface area contributed by atoms with Gasteiger partial charge >= 0.3 is 0 Å². The lowest BCUT2D eigenvalue weighted by atomic mass is 10.2. The summed E-state index contributed by atoms with van der Waals surface area (Å²) in [5, 5.41) is 16.0. The summed E-state index contributed by atoms with van der Waals surface area (Å²) in [5.41, 5.74) is 1.44. The van der Waals surface area contributed by atoms with Crippen molar-refractivity contribution in [2.75, 3.05) is 5.32 Å². The number of hydrogen-bond acceptors (Lipinski definition) is 6. The van der Waals surface area contributed by atoms with Crippen LogP contribution in [-0.4, -0.2) is 20.6 Å². The molecule has 0 saturated carbocycles. The molecule has 0 saturated heterocycles. The Morgan fingerprint density at radius 1 is 1.13 bits per heavy atom. The minimum atomic E-state index is -0.441. The lowest BCUT2D eigenvalue weighted by Crippen LogP contribution is -2.28. The molecule has 0 bridgehead atoms. The van der Waals surface area contributed by atoms with Crippen molar-refractivity contribution in [3.8, 4) is 28.9 Å². The van der Waals surface area contributed by atoms with E-state index in [-0.39, 0.29) is 18.0 Å². The largest absolute Gasteiger partial charge is 0.333 e. The molecule has 1 amide bonds. The smallest absolute Gasteiger partial charge is 0.263 e. The summed E-state index contributed by atoms with van der Waals surface area (Å²) in [4.78, 5) is 29.5. The van der Waals surface area contributed by atoms with Gasteiger partial charge in [0.1, 0.15) is 12.1 Å². The standard InChI is InChI=1S/C22H14ClN5O3/c23-16-7-5-15(6-8-16)20-26-21(31-27-20)18-2-1-11-28(22(18)30)13-19(29)25-17-9-3-14(12-24)4-10-17/h1-11H,13H2,(H,25,29). The molecule has 0 fully saturated rings. The first-order valence-electron chi connectivity index (χ1n) is 9.13. The summed E-state index contributed by atoms with van der Waals surface area (Å²) in [6.45, 7) is -0.204. The zero-order chi connectivity index (χ0) is 21.8. The summed E-state index contributed by atoms with van der Waals surface area (Å²) in [5.74, 6) is -0.0202. The van der Waals surface area contributed by atoms with E-state index in [1.54, 1.807) is 60.7 Å². The van der Waals surface area contributed by atoms with Crippen LogP contribution in [0.3, 0.4) is 0 Å². The Hall–Kier alpha value is -4.22. The molecular weight excluding hydrogens is 418 g/mol. The highest BCUT2D eigenvalue weighted by molar-refractivity contribution is 6.30. The van der Waals surface area contributed by atoms with Crippen LogP contribution in [0.25, 0.3) is 22.8 Å². The summed E-state index contributed by atoms with van der Waals surface area (Å²) in [7, 11) is 0. The molecule has 0 aliphatic heterocycles. The first kappa shape index (κ1) is 20.1. The van der Waals surface area contributed by atoms with E-state index >= 15 is 0 Å². The van der Waals surface area contributed by atoms with Gasteiger partial charge in [0.05, 0.1) is 11.6 Å². The van der Waals surface area contributed by atoms with E-state index in [4.69, 9.17) is 21.4 Å². The Morgan fingerprint density at radius 2 is 1.87 bits per heavy atom. The van der Waals surface area contributed by atoms with Gasteiger partial charge in [0.25, 0.3) is 11.4 Å². The third kappa shape index (κ3) is 4.52. The number of nitrogens with one attached hydrogen (secondary N) is 1. The number of halogens is 1. The normalized spacial score (nSPS) is 10.5. The molecule has 9 heteroatoms. The summed E-state index contributed by atoms with van der Waals surface area (Å²) in [6.07, 6.45) is 1.50. The Labute approximate surface area is 181 Å². The van der Waals surface area contributed by atoms with E-state index in [0.29, 0.717) is 27.7 Å². The van der Waals surface area contributed by atoms with Gasteiger partial charge in [0, 0.05) is 22.5 Å². The average molecular weight is 432 g/mol. The van der Waals surface area contributed by atoms with Crippen molar-refractivity contribution >= 4 is 23.2 Å². The highest BCUT2D eigenvalue weighted by Gasteiger charge is 2.16. The number of aromatic nitrogens is 3. The summed E-state index contributed by atoms with van der Waals surface area (Å²) >= 11 is 5.89. The summed E-state index contributed by atoms with van der Waals surface area (Å²) in [6, 6.07) is 18.5. The van der Waals surface area contributed by atoms with Gasteiger partial charge in [-0.2, -0.15) is 10.2 Å². The number of hydrogen-bond donors (Lipinski definition) is 1. The number of pyridine rings is 1. The molecule has 0 aliphatic carbocycles. The third-order valence-electron chi connectivity index (χ3n) is 4.39. The fourth-order valence-corrected chi connectivity index (χ4v) is 2.98. The molecule has 0 atom stereocenters. The zero-order valence-corrected chi connectivity index (χ0v) is 16.7. The molecular formula is C22H14ClN5O3. The Kier molecular flexibility index (Phi) is 5.60. The van der Waals surface area contributed by atoms with Crippen molar-refractivity contribution in [1.29, 1.82) is 5.26 Å². The molecule has 2 aromatic heterocycles. The van der Waals surface area contributed by atoms with Crippen molar-refractivity contribution in [3.05, 3.63) is 87.8 Å². The molecule has 4 aromatic rings. The number of rotatable bonds is 5. The van der Waals surface area contributed by atoms with Crippen molar-refractivity contribution in [1.82, 2.24) is 14.7 Å². The Morgan fingerprint density at radius 3 is 2.58 bits per heavy atom. The second-order valence-electron chi connectivity index (χ2n) is 6.52. The van der Waals surface area contributed by atoms with Gasteiger partial charge in [-0.15, -0.1) is 0 Å². The van der Waals surface area contributed by atoms with Gasteiger partial charge in [0.2, 0.25) is 11.7 Å². The van der Waals surface area contributed by atoms with E-state index in [1.807, 2.05) is 6.07 Å². The van der Waals surface area contributed by atoms with Crippen LogP contribution >= 0.6 is 11.6 Å². The number of nitrogens with zero attached hydrogens (tertiary/aromatic N) is 4. The van der Waals surface area contributed by atoms with Crippen LogP contribution in [0.15, 0.2) is 76.2 Å². The minimum absolute atomic E-state index is 0.0526. The third-order valence-corrected chi connectivity index (χ3v) is 4.64. The van der Waals surface area contributed by atoms with Crippen LogP contribution in [-0.2, 0) is 11.3 Å². The van der Waals surface area contributed by atoms with E-state index in [2.05, 4.69) is 15.5 Å². The van der Waals surface area contributed by atoms with Crippen LogP contribution in [0.2, 0.25) is 5.02 Å². The number of nitriles is 1. The number of amides is 1. The quantitative estimate of drug-likeness (QED) is 0.515. The Bertz CT molecular complexity index is 1340. The monoisotopic (exact) mass is 431 g/mol. The van der Waals surface area contributed by atoms with Crippen molar-refractivity contribution in [2.45, 2.75) is 6.54 Å². The predicted molar refractivity (Wildman–Crippen MR) is 114 cm³/mol. The lowest BCUT2D eigenvalue weighted by Gasteiger charge is -2.08. The highest BCUT2D eigenvalue weighted by atomic mass is 35.5.